The number of likely N-dealkylation sites (tertiary alicyclic amines) is 2. The molecule has 0 aromatic rings. The number of amides is 2. The summed E-state index contributed by atoms with van der Waals surface area (Å²) < 4.78 is 0. The Kier molecular flexibility index (Phi) is 11.0. The normalized spacial score (nSPS) is 32.2. The topological polar surface area (TPSA) is 108 Å². The number of hydrogen-bond donors (Lipinski definition) is 3. The number of carbonyl (C=O) groups is 2. The van der Waals surface area contributed by atoms with E-state index in [4.69, 9.17) is 0 Å². The molecule has 37 heavy (non-hydrogen) atoms. The van der Waals surface area contributed by atoms with Gasteiger partial charge >= 0.3 is 0 Å². The minimum Gasteiger partial charge on any atom is -0.396 e. The van der Waals surface area contributed by atoms with Gasteiger partial charge in [-0.1, -0.05) is 12.8 Å². The summed E-state index contributed by atoms with van der Waals surface area (Å²) in [6.45, 7) is 14.1. The van der Waals surface area contributed by atoms with Gasteiger partial charge in [0.25, 0.3) is 0 Å². The highest BCUT2D eigenvalue weighted by Crippen LogP contribution is 2.39. The summed E-state index contributed by atoms with van der Waals surface area (Å²) in [4.78, 5) is 31.6. The highest BCUT2D eigenvalue weighted by Gasteiger charge is 2.48. The Bertz CT molecular complexity index is 706. The van der Waals surface area contributed by atoms with Crippen molar-refractivity contribution in [1.29, 1.82) is 0 Å². The van der Waals surface area contributed by atoms with Crippen LogP contribution < -0.4 is 0 Å². The molecule has 4 atom stereocenters. The van der Waals surface area contributed by atoms with Crippen LogP contribution in [0.1, 0.15) is 99.3 Å². The van der Waals surface area contributed by atoms with E-state index in [1.165, 1.54) is 0 Å². The van der Waals surface area contributed by atoms with Crippen LogP contribution in [0.4, 0.5) is 0 Å². The molecule has 0 saturated carbocycles. The number of aliphatic hydroxyl groups is 3. The Hall–Kier alpha value is -1.26. The molecule has 2 amide bonds. The number of carbonyl (C=O) groups excluding carboxylic acids is 2. The molecule has 0 spiro atoms. The monoisotopic (exact) mass is 526 g/mol. The SMILES string of the molecule is CN1C(C)(C)CC(N(C=O)CCCCCCN(C=O)C2CC(C)(C)N(CCCO)C(C)(O)C2)CC1(C)O. The number of piperidine rings is 2. The van der Waals surface area contributed by atoms with Crippen LogP contribution in [0.2, 0.25) is 0 Å². The largest absolute Gasteiger partial charge is 0.396 e. The van der Waals surface area contributed by atoms with E-state index in [1.54, 1.807) is 0 Å². The highest BCUT2D eigenvalue weighted by molar-refractivity contribution is 5.48. The zero-order chi connectivity index (χ0) is 28.1. The molecule has 3 N–H and O–H groups in total. The summed E-state index contributed by atoms with van der Waals surface area (Å²) in [5, 5.41) is 31.3. The van der Waals surface area contributed by atoms with E-state index < -0.39 is 11.4 Å². The molecule has 0 aromatic heterocycles. The standard InChI is InChI=1S/C28H54N4O5/c1-25(2)17-23(19-27(5,36)29(25)7)30(21-34)13-10-8-9-11-14-31(22-35)24-18-26(3,4)32(15-12-16-33)28(6,37)20-24/h21-24,33,36-37H,8-20H2,1-7H3. The zero-order valence-electron chi connectivity index (χ0n) is 24.4. The fraction of sp³-hybridized carbons (Fsp3) is 0.929. The third-order valence-corrected chi connectivity index (χ3v) is 8.99. The number of hydrogen-bond acceptors (Lipinski definition) is 7. The molecule has 0 radical (unpaired) electrons. The van der Waals surface area contributed by atoms with Crippen molar-refractivity contribution in [3.05, 3.63) is 0 Å². The third-order valence-electron chi connectivity index (χ3n) is 8.99. The van der Waals surface area contributed by atoms with E-state index in [0.717, 1.165) is 51.3 Å². The fourth-order valence-electron chi connectivity index (χ4n) is 6.82. The molecule has 9 nitrogen and oxygen atoms in total. The molecule has 2 heterocycles. The van der Waals surface area contributed by atoms with Crippen LogP contribution in [0.25, 0.3) is 0 Å². The number of aliphatic hydroxyl groups excluding tert-OH is 1. The van der Waals surface area contributed by atoms with E-state index in [2.05, 4.69) is 32.6 Å². The third kappa shape index (κ3) is 8.12. The maximum Gasteiger partial charge on any atom is 0.209 e. The second kappa shape index (κ2) is 12.7. The van der Waals surface area contributed by atoms with Crippen LogP contribution in [0.15, 0.2) is 0 Å². The van der Waals surface area contributed by atoms with Crippen molar-refractivity contribution in [3.8, 4) is 0 Å². The molecule has 2 rings (SSSR count). The summed E-state index contributed by atoms with van der Waals surface area (Å²) in [7, 11) is 1.94. The molecular weight excluding hydrogens is 472 g/mol. The van der Waals surface area contributed by atoms with Gasteiger partial charge in [-0.15, -0.1) is 0 Å². The average Bonchev–Trinajstić information content (AvgIpc) is 2.77. The molecule has 2 saturated heterocycles. The smallest absolute Gasteiger partial charge is 0.209 e. The molecule has 0 aromatic carbocycles. The molecule has 2 aliphatic heterocycles. The van der Waals surface area contributed by atoms with Crippen LogP contribution >= 0.6 is 0 Å². The van der Waals surface area contributed by atoms with Gasteiger partial charge in [0.05, 0.1) is 0 Å². The lowest BCUT2D eigenvalue weighted by Gasteiger charge is -2.55. The molecule has 0 bridgehead atoms. The maximum absolute atomic E-state index is 12.0. The fourth-order valence-corrected chi connectivity index (χ4v) is 6.82. The van der Waals surface area contributed by atoms with Gasteiger partial charge in [0.2, 0.25) is 12.8 Å². The average molecular weight is 527 g/mol. The van der Waals surface area contributed by atoms with Crippen molar-refractivity contribution in [1.82, 2.24) is 19.6 Å². The molecular formula is C28H54N4O5. The summed E-state index contributed by atoms with van der Waals surface area (Å²) in [6, 6.07) is -0.0114. The Morgan fingerprint density at radius 2 is 1.19 bits per heavy atom. The van der Waals surface area contributed by atoms with Crippen molar-refractivity contribution in [2.45, 2.75) is 134 Å². The first-order valence-electron chi connectivity index (χ1n) is 14.1. The van der Waals surface area contributed by atoms with E-state index in [0.29, 0.717) is 38.9 Å². The quantitative estimate of drug-likeness (QED) is 0.236. The van der Waals surface area contributed by atoms with E-state index in [-0.39, 0.29) is 29.8 Å². The Labute approximate surface area is 224 Å². The first-order chi connectivity index (χ1) is 17.1. The molecule has 0 aliphatic carbocycles. The molecule has 2 aliphatic rings. The number of rotatable bonds is 14. The lowest BCUT2D eigenvalue weighted by atomic mass is 9.80. The molecule has 2 fully saturated rings. The number of nitrogens with zero attached hydrogens (tertiary/aromatic N) is 4. The van der Waals surface area contributed by atoms with Gasteiger partial charge < -0.3 is 25.1 Å². The van der Waals surface area contributed by atoms with Gasteiger partial charge in [-0.2, -0.15) is 0 Å². The first kappa shape index (κ1) is 32.0. The summed E-state index contributed by atoms with van der Waals surface area (Å²) in [5.74, 6) is 0. The van der Waals surface area contributed by atoms with Crippen molar-refractivity contribution >= 4 is 12.8 Å². The van der Waals surface area contributed by atoms with Crippen LogP contribution in [-0.2, 0) is 9.59 Å². The predicted molar refractivity (Wildman–Crippen MR) is 146 cm³/mol. The molecule has 9 heteroatoms. The van der Waals surface area contributed by atoms with Gasteiger partial charge in [0, 0.05) is 62.2 Å². The van der Waals surface area contributed by atoms with Gasteiger partial charge in [0.1, 0.15) is 11.4 Å². The minimum atomic E-state index is -1.03. The lowest BCUT2D eigenvalue weighted by Crippen LogP contribution is -2.65. The van der Waals surface area contributed by atoms with Gasteiger partial charge in [-0.05, 0) is 80.7 Å². The van der Waals surface area contributed by atoms with Crippen molar-refractivity contribution in [2.24, 2.45) is 0 Å². The second-order valence-corrected chi connectivity index (χ2v) is 13.1. The maximum atomic E-state index is 12.0. The van der Waals surface area contributed by atoms with Crippen molar-refractivity contribution in [2.75, 3.05) is 33.3 Å². The van der Waals surface area contributed by atoms with Crippen LogP contribution in [0.3, 0.4) is 0 Å². The van der Waals surface area contributed by atoms with Crippen molar-refractivity contribution < 1.29 is 24.9 Å². The van der Waals surface area contributed by atoms with E-state index in [1.807, 2.05) is 35.6 Å². The highest BCUT2D eigenvalue weighted by atomic mass is 16.3. The Morgan fingerprint density at radius 1 is 0.730 bits per heavy atom. The summed E-state index contributed by atoms with van der Waals surface area (Å²) >= 11 is 0. The van der Waals surface area contributed by atoms with E-state index >= 15 is 0 Å². The summed E-state index contributed by atoms with van der Waals surface area (Å²) in [5.41, 5.74) is -2.46. The first-order valence-corrected chi connectivity index (χ1v) is 14.1. The van der Waals surface area contributed by atoms with Crippen LogP contribution in [0.5, 0.6) is 0 Å². The number of unbranched alkanes of at least 4 members (excludes halogenated alkanes) is 3. The Balaban J connectivity index is 1.81. The van der Waals surface area contributed by atoms with E-state index in [9.17, 15) is 24.9 Å². The van der Waals surface area contributed by atoms with Gasteiger partial charge in [-0.25, -0.2) is 0 Å². The molecule has 216 valence electrons. The minimum absolute atomic E-state index is 0.0173. The molecule has 4 unspecified atom stereocenters. The van der Waals surface area contributed by atoms with Gasteiger partial charge in [0.15, 0.2) is 0 Å². The lowest BCUT2D eigenvalue weighted by molar-refractivity contribution is -0.186. The second-order valence-electron chi connectivity index (χ2n) is 13.1. The zero-order valence-corrected chi connectivity index (χ0v) is 24.4. The predicted octanol–water partition coefficient (Wildman–Crippen LogP) is 2.38. The Morgan fingerprint density at radius 3 is 1.59 bits per heavy atom. The summed E-state index contributed by atoms with van der Waals surface area (Å²) in [6.07, 6.45) is 8.78. The van der Waals surface area contributed by atoms with Gasteiger partial charge in [-0.3, -0.25) is 19.4 Å². The van der Waals surface area contributed by atoms with Crippen molar-refractivity contribution in [3.63, 3.8) is 0 Å². The van der Waals surface area contributed by atoms with Crippen LogP contribution in [0, 0.1) is 0 Å². The van der Waals surface area contributed by atoms with Crippen LogP contribution in [-0.4, -0.2) is 116 Å².